The van der Waals surface area contributed by atoms with Crippen molar-refractivity contribution in [3.63, 3.8) is 0 Å². The van der Waals surface area contributed by atoms with E-state index in [-0.39, 0.29) is 0 Å². The maximum atomic E-state index is 12.1. The minimum atomic E-state index is -3.41. The lowest BCUT2D eigenvalue weighted by atomic mass is 10.2. The van der Waals surface area contributed by atoms with E-state index in [1.165, 1.54) is 7.05 Å². The average molecular weight is 269 g/mol. The van der Waals surface area contributed by atoms with Crippen LogP contribution < -0.4 is 14.9 Å². The zero-order valence-corrected chi connectivity index (χ0v) is 11.5. The minimum Gasteiger partial charge on any atom is -0.368 e. The van der Waals surface area contributed by atoms with Gasteiger partial charge in [-0.2, -0.15) is 0 Å². The molecule has 5 nitrogen and oxygen atoms in total. The van der Waals surface area contributed by atoms with E-state index in [1.807, 2.05) is 19.1 Å². The van der Waals surface area contributed by atoms with Crippen LogP contribution in [-0.2, 0) is 10.0 Å². The molecule has 2 rings (SSSR count). The number of nitrogens with one attached hydrogen (secondary N) is 2. The van der Waals surface area contributed by atoms with Crippen molar-refractivity contribution in [3.05, 3.63) is 23.8 Å². The van der Waals surface area contributed by atoms with Gasteiger partial charge in [-0.1, -0.05) is 6.07 Å². The van der Waals surface area contributed by atoms with Crippen molar-refractivity contribution < 1.29 is 8.42 Å². The van der Waals surface area contributed by atoms with E-state index in [4.69, 9.17) is 0 Å². The number of anilines is 1. The summed E-state index contributed by atoms with van der Waals surface area (Å²) in [6.07, 6.45) is 0. The summed E-state index contributed by atoms with van der Waals surface area (Å²) in [6.45, 7) is 5.32. The third-order valence-corrected chi connectivity index (χ3v) is 4.57. The number of piperazine rings is 1. The van der Waals surface area contributed by atoms with Gasteiger partial charge in [-0.05, 0) is 31.7 Å². The molecular formula is C12H19N3O2S. The molecule has 1 saturated heterocycles. The van der Waals surface area contributed by atoms with Gasteiger partial charge in [0.05, 0.1) is 5.69 Å². The fraction of sp³-hybridized carbons (Fsp3) is 0.500. The average Bonchev–Trinajstić information content (AvgIpc) is 2.39. The van der Waals surface area contributed by atoms with Crippen LogP contribution in [0, 0.1) is 6.92 Å². The molecule has 0 unspecified atom stereocenters. The molecule has 0 atom stereocenters. The number of hydrogen-bond acceptors (Lipinski definition) is 4. The van der Waals surface area contributed by atoms with Crippen molar-refractivity contribution in [1.82, 2.24) is 10.0 Å². The predicted molar refractivity (Wildman–Crippen MR) is 72.5 cm³/mol. The summed E-state index contributed by atoms with van der Waals surface area (Å²) >= 11 is 0. The fourth-order valence-corrected chi connectivity index (χ4v) is 3.15. The molecule has 0 amide bonds. The van der Waals surface area contributed by atoms with E-state index >= 15 is 0 Å². The van der Waals surface area contributed by atoms with Gasteiger partial charge < -0.3 is 10.2 Å². The van der Waals surface area contributed by atoms with Gasteiger partial charge in [-0.25, -0.2) is 13.1 Å². The van der Waals surface area contributed by atoms with Crippen LogP contribution in [0.5, 0.6) is 0 Å². The Kier molecular flexibility index (Phi) is 3.89. The Balaban J connectivity index is 2.46. The highest BCUT2D eigenvalue weighted by Crippen LogP contribution is 2.26. The van der Waals surface area contributed by atoms with Gasteiger partial charge in [0.15, 0.2) is 0 Å². The summed E-state index contributed by atoms with van der Waals surface area (Å²) in [5.74, 6) is 0. The Morgan fingerprint density at radius 1 is 1.28 bits per heavy atom. The zero-order chi connectivity index (χ0) is 13.2. The quantitative estimate of drug-likeness (QED) is 0.829. The van der Waals surface area contributed by atoms with Crippen LogP contribution in [-0.4, -0.2) is 41.6 Å². The van der Waals surface area contributed by atoms with Crippen molar-refractivity contribution in [1.29, 1.82) is 0 Å². The highest BCUT2D eigenvalue weighted by molar-refractivity contribution is 7.89. The lowest BCUT2D eigenvalue weighted by molar-refractivity contribution is 0.576. The summed E-state index contributed by atoms with van der Waals surface area (Å²) in [6, 6.07) is 5.57. The van der Waals surface area contributed by atoms with Gasteiger partial charge in [-0.15, -0.1) is 0 Å². The molecule has 6 heteroatoms. The number of benzene rings is 1. The lowest BCUT2D eigenvalue weighted by Crippen LogP contribution is -2.44. The minimum absolute atomic E-state index is 0.368. The molecule has 0 saturated carbocycles. The Bertz CT molecular complexity index is 522. The summed E-state index contributed by atoms with van der Waals surface area (Å²) in [5.41, 5.74) is 1.74. The second-order valence-electron chi connectivity index (χ2n) is 4.42. The summed E-state index contributed by atoms with van der Waals surface area (Å²) in [5, 5.41) is 3.26. The highest BCUT2D eigenvalue weighted by Gasteiger charge is 2.21. The zero-order valence-electron chi connectivity index (χ0n) is 10.7. The van der Waals surface area contributed by atoms with Crippen molar-refractivity contribution in [2.75, 3.05) is 38.1 Å². The smallest absolute Gasteiger partial charge is 0.242 e. The van der Waals surface area contributed by atoms with E-state index in [2.05, 4.69) is 14.9 Å². The Labute approximate surface area is 108 Å². The number of hydrogen-bond donors (Lipinski definition) is 2. The summed E-state index contributed by atoms with van der Waals surface area (Å²) in [7, 11) is -1.97. The SMILES string of the molecule is CNS(=O)(=O)c1cc(C)ccc1N1CCNCC1. The second kappa shape index (κ2) is 5.26. The Morgan fingerprint density at radius 3 is 2.56 bits per heavy atom. The van der Waals surface area contributed by atoms with E-state index in [9.17, 15) is 8.42 Å². The third kappa shape index (κ3) is 2.66. The normalized spacial score (nSPS) is 16.9. The highest BCUT2D eigenvalue weighted by atomic mass is 32.2. The number of sulfonamides is 1. The first-order valence-electron chi connectivity index (χ1n) is 6.04. The van der Waals surface area contributed by atoms with Gasteiger partial charge in [-0.3, -0.25) is 0 Å². The lowest BCUT2D eigenvalue weighted by Gasteiger charge is -2.31. The molecule has 1 fully saturated rings. The van der Waals surface area contributed by atoms with Gasteiger partial charge >= 0.3 is 0 Å². The molecule has 1 aliphatic heterocycles. The molecule has 1 aromatic rings. The van der Waals surface area contributed by atoms with Crippen LogP contribution in [0.4, 0.5) is 5.69 Å². The van der Waals surface area contributed by atoms with E-state index < -0.39 is 10.0 Å². The second-order valence-corrected chi connectivity index (χ2v) is 6.27. The maximum Gasteiger partial charge on any atom is 0.242 e. The van der Waals surface area contributed by atoms with Crippen LogP contribution in [0.25, 0.3) is 0 Å². The first-order chi connectivity index (χ1) is 8.54. The van der Waals surface area contributed by atoms with Gasteiger partial charge in [0.25, 0.3) is 0 Å². The predicted octanol–water partition coefficient (Wildman–Crippen LogP) is 0.313. The molecule has 0 spiro atoms. The van der Waals surface area contributed by atoms with E-state index in [0.29, 0.717) is 4.90 Å². The Morgan fingerprint density at radius 2 is 1.94 bits per heavy atom. The number of aryl methyl sites for hydroxylation is 1. The van der Waals surface area contributed by atoms with Crippen LogP contribution in [0.3, 0.4) is 0 Å². The van der Waals surface area contributed by atoms with Gasteiger partial charge in [0.2, 0.25) is 10.0 Å². The molecule has 1 heterocycles. The van der Waals surface area contributed by atoms with E-state index in [0.717, 1.165) is 37.4 Å². The molecule has 0 aromatic heterocycles. The molecule has 18 heavy (non-hydrogen) atoms. The van der Waals surface area contributed by atoms with E-state index in [1.54, 1.807) is 6.07 Å². The maximum absolute atomic E-state index is 12.1. The molecule has 0 bridgehead atoms. The molecule has 1 aliphatic rings. The van der Waals surface area contributed by atoms with Crippen LogP contribution >= 0.6 is 0 Å². The van der Waals surface area contributed by atoms with Crippen molar-refractivity contribution in [2.45, 2.75) is 11.8 Å². The molecule has 1 aromatic carbocycles. The fourth-order valence-electron chi connectivity index (χ4n) is 2.11. The Hall–Kier alpha value is -1.11. The first kappa shape index (κ1) is 13.3. The number of rotatable bonds is 3. The standard InChI is InChI=1S/C12H19N3O2S/c1-10-3-4-11(15-7-5-14-6-8-15)12(9-10)18(16,17)13-2/h3-4,9,13-14H,5-8H2,1-2H3. The molecular weight excluding hydrogens is 250 g/mol. The first-order valence-corrected chi connectivity index (χ1v) is 7.53. The largest absolute Gasteiger partial charge is 0.368 e. The molecule has 0 radical (unpaired) electrons. The number of nitrogens with zero attached hydrogens (tertiary/aromatic N) is 1. The van der Waals surface area contributed by atoms with Gasteiger partial charge in [0.1, 0.15) is 4.90 Å². The van der Waals surface area contributed by atoms with Crippen molar-refractivity contribution in [3.8, 4) is 0 Å². The van der Waals surface area contributed by atoms with Gasteiger partial charge in [0, 0.05) is 26.2 Å². The summed E-state index contributed by atoms with van der Waals surface area (Å²) < 4.78 is 26.5. The molecule has 2 N–H and O–H groups in total. The monoisotopic (exact) mass is 269 g/mol. The van der Waals surface area contributed by atoms with Crippen molar-refractivity contribution >= 4 is 15.7 Å². The topological polar surface area (TPSA) is 61.4 Å². The van der Waals surface area contributed by atoms with Crippen LogP contribution in [0.2, 0.25) is 0 Å². The van der Waals surface area contributed by atoms with Crippen molar-refractivity contribution in [2.24, 2.45) is 0 Å². The third-order valence-electron chi connectivity index (χ3n) is 3.13. The van der Waals surface area contributed by atoms with Crippen LogP contribution in [0.1, 0.15) is 5.56 Å². The molecule has 100 valence electrons. The summed E-state index contributed by atoms with van der Waals surface area (Å²) in [4.78, 5) is 2.48. The van der Waals surface area contributed by atoms with Crippen LogP contribution in [0.15, 0.2) is 23.1 Å². The molecule has 0 aliphatic carbocycles.